The van der Waals surface area contributed by atoms with Crippen molar-refractivity contribution in [1.82, 2.24) is 14.8 Å². The van der Waals surface area contributed by atoms with Gasteiger partial charge in [0, 0.05) is 50.9 Å². The number of carbonyl (C=O) groups is 1. The second kappa shape index (κ2) is 6.82. The summed E-state index contributed by atoms with van der Waals surface area (Å²) in [4.78, 5) is 21.5. The van der Waals surface area contributed by atoms with Crippen LogP contribution in [0.4, 0.5) is 0 Å². The van der Waals surface area contributed by atoms with Crippen LogP contribution in [0.15, 0.2) is 11.7 Å². The van der Waals surface area contributed by atoms with Crippen LogP contribution in [0.5, 0.6) is 0 Å². The molecule has 0 unspecified atom stereocenters. The van der Waals surface area contributed by atoms with Crippen LogP contribution in [0.3, 0.4) is 0 Å². The molecular formula is C12H19N3O2S. The van der Waals surface area contributed by atoms with Gasteiger partial charge >= 0.3 is 0 Å². The summed E-state index contributed by atoms with van der Waals surface area (Å²) in [5.41, 5.74) is 1.86. The van der Waals surface area contributed by atoms with Crippen LogP contribution in [-0.2, 0) is 16.1 Å². The molecular weight excluding hydrogens is 250 g/mol. The van der Waals surface area contributed by atoms with E-state index in [1.54, 1.807) is 18.4 Å². The highest BCUT2D eigenvalue weighted by atomic mass is 32.1. The van der Waals surface area contributed by atoms with Gasteiger partial charge in [0.15, 0.2) is 0 Å². The lowest BCUT2D eigenvalue weighted by molar-refractivity contribution is -0.133. The van der Waals surface area contributed by atoms with Gasteiger partial charge in [0.2, 0.25) is 5.91 Å². The van der Waals surface area contributed by atoms with Crippen molar-refractivity contribution in [2.45, 2.75) is 13.0 Å². The number of hydrogen-bond acceptors (Lipinski definition) is 5. The lowest BCUT2D eigenvalue weighted by atomic mass is 10.2. The van der Waals surface area contributed by atoms with Crippen molar-refractivity contribution in [2.24, 2.45) is 0 Å². The van der Waals surface area contributed by atoms with E-state index in [-0.39, 0.29) is 5.91 Å². The average Bonchev–Trinajstić information content (AvgIpc) is 2.89. The van der Waals surface area contributed by atoms with Crippen LogP contribution in [0.25, 0.3) is 0 Å². The van der Waals surface area contributed by atoms with Crippen LogP contribution in [-0.4, -0.2) is 60.6 Å². The fraction of sp³-hybridized carbons (Fsp3) is 0.667. The highest BCUT2D eigenvalue weighted by Gasteiger charge is 2.20. The van der Waals surface area contributed by atoms with Crippen LogP contribution < -0.4 is 0 Å². The van der Waals surface area contributed by atoms with Gasteiger partial charge in [0.1, 0.15) is 0 Å². The van der Waals surface area contributed by atoms with Crippen molar-refractivity contribution in [1.29, 1.82) is 0 Å². The van der Waals surface area contributed by atoms with E-state index in [2.05, 4.69) is 9.88 Å². The standard InChI is InChI=1S/C12H19N3O2S/c1-17-7-2-12(16)15-5-3-14(4-6-15)9-11-8-13-10-18-11/h8,10H,2-7,9H2,1H3. The molecule has 0 N–H and O–H groups in total. The second-order valence-corrected chi connectivity index (χ2v) is 5.34. The minimum absolute atomic E-state index is 0.203. The first kappa shape index (κ1) is 13.5. The normalized spacial score (nSPS) is 17.1. The van der Waals surface area contributed by atoms with E-state index in [9.17, 15) is 4.79 Å². The van der Waals surface area contributed by atoms with E-state index in [1.165, 1.54) is 4.88 Å². The molecule has 1 aromatic heterocycles. The zero-order valence-corrected chi connectivity index (χ0v) is 11.5. The maximum absolute atomic E-state index is 11.8. The van der Waals surface area contributed by atoms with Gasteiger partial charge in [-0.25, -0.2) is 0 Å². The highest BCUT2D eigenvalue weighted by Crippen LogP contribution is 2.12. The van der Waals surface area contributed by atoms with Gasteiger partial charge in [-0.3, -0.25) is 14.7 Å². The van der Waals surface area contributed by atoms with Crippen molar-refractivity contribution in [3.05, 3.63) is 16.6 Å². The van der Waals surface area contributed by atoms with E-state index in [1.807, 2.05) is 16.6 Å². The Bertz CT molecular complexity index is 361. The summed E-state index contributed by atoms with van der Waals surface area (Å²) in [7, 11) is 1.63. The summed E-state index contributed by atoms with van der Waals surface area (Å²) < 4.78 is 4.93. The lowest BCUT2D eigenvalue weighted by Gasteiger charge is -2.34. The summed E-state index contributed by atoms with van der Waals surface area (Å²) in [6, 6.07) is 0. The summed E-state index contributed by atoms with van der Waals surface area (Å²) >= 11 is 1.68. The van der Waals surface area contributed by atoms with Crippen LogP contribution >= 0.6 is 11.3 Å². The molecule has 1 aliphatic heterocycles. The lowest BCUT2D eigenvalue weighted by Crippen LogP contribution is -2.48. The maximum Gasteiger partial charge on any atom is 0.224 e. The quantitative estimate of drug-likeness (QED) is 0.794. The van der Waals surface area contributed by atoms with Gasteiger partial charge in [-0.1, -0.05) is 0 Å². The Morgan fingerprint density at radius 2 is 2.22 bits per heavy atom. The first-order chi connectivity index (χ1) is 8.79. The molecule has 18 heavy (non-hydrogen) atoms. The number of piperazine rings is 1. The molecule has 6 heteroatoms. The molecule has 1 saturated heterocycles. The largest absolute Gasteiger partial charge is 0.384 e. The van der Waals surface area contributed by atoms with E-state index in [0.29, 0.717) is 13.0 Å². The van der Waals surface area contributed by atoms with E-state index in [4.69, 9.17) is 4.74 Å². The summed E-state index contributed by atoms with van der Waals surface area (Å²) in [6.07, 6.45) is 2.41. The predicted octanol–water partition coefficient (Wildman–Crippen LogP) is 0.824. The summed E-state index contributed by atoms with van der Waals surface area (Å²) in [6.45, 7) is 4.99. The van der Waals surface area contributed by atoms with Gasteiger partial charge in [-0.05, 0) is 0 Å². The molecule has 2 rings (SSSR count). The third kappa shape index (κ3) is 3.76. The van der Waals surface area contributed by atoms with E-state index >= 15 is 0 Å². The number of aromatic nitrogens is 1. The topological polar surface area (TPSA) is 45.7 Å². The zero-order chi connectivity index (χ0) is 12.8. The molecule has 0 atom stereocenters. The minimum Gasteiger partial charge on any atom is -0.384 e. The van der Waals surface area contributed by atoms with Gasteiger partial charge in [0.05, 0.1) is 18.5 Å². The number of rotatable bonds is 5. The maximum atomic E-state index is 11.8. The predicted molar refractivity (Wildman–Crippen MR) is 70.5 cm³/mol. The molecule has 0 radical (unpaired) electrons. The molecule has 0 saturated carbocycles. The van der Waals surface area contributed by atoms with Gasteiger partial charge in [0.25, 0.3) is 0 Å². The number of amides is 1. The third-order valence-corrected chi connectivity index (χ3v) is 3.87. The van der Waals surface area contributed by atoms with Gasteiger partial charge < -0.3 is 9.64 Å². The number of ether oxygens (including phenoxy) is 1. The molecule has 100 valence electrons. The minimum atomic E-state index is 0.203. The Labute approximate surface area is 111 Å². The van der Waals surface area contributed by atoms with Gasteiger partial charge in [-0.2, -0.15) is 0 Å². The average molecular weight is 269 g/mol. The fourth-order valence-corrected chi connectivity index (χ4v) is 2.68. The Morgan fingerprint density at radius 1 is 1.44 bits per heavy atom. The molecule has 1 fully saturated rings. The zero-order valence-electron chi connectivity index (χ0n) is 10.7. The molecule has 0 aliphatic carbocycles. The summed E-state index contributed by atoms with van der Waals surface area (Å²) in [5.74, 6) is 0.203. The number of methoxy groups -OCH3 is 1. The second-order valence-electron chi connectivity index (χ2n) is 4.37. The van der Waals surface area contributed by atoms with Crippen LogP contribution in [0.2, 0.25) is 0 Å². The van der Waals surface area contributed by atoms with Crippen molar-refractivity contribution >= 4 is 17.2 Å². The molecule has 0 bridgehead atoms. The number of thiazole rings is 1. The first-order valence-electron chi connectivity index (χ1n) is 6.16. The van der Waals surface area contributed by atoms with Crippen molar-refractivity contribution in [2.75, 3.05) is 39.9 Å². The molecule has 0 spiro atoms. The number of hydrogen-bond donors (Lipinski definition) is 0. The third-order valence-electron chi connectivity index (χ3n) is 3.11. The molecule has 5 nitrogen and oxygen atoms in total. The smallest absolute Gasteiger partial charge is 0.224 e. The Kier molecular flexibility index (Phi) is 5.10. The molecule has 1 aromatic rings. The Hall–Kier alpha value is -0.980. The van der Waals surface area contributed by atoms with Crippen molar-refractivity contribution in [3.8, 4) is 0 Å². The molecule has 0 aromatic carbocycles. The van der Waals surface area contributed by atoms with Crippen LogP contribution in [0.1, 0.15) is 11.3 Å². The molecule has 1 aliphatic rings. The molecule has 2 heterocycles. The van der Waals surface area contributed by atoms with Gasteiger partial charge in [-0.15, -0.1) is 11.3 Å². The van der Waals surface area contributed by atoms with Crippen molar-refractivity contribution in [3.63, 3.8) is 0 Å². The van der Waals surface area contributed by atoms with Crippen molar-refractivity contribution < 1.29 is 9.53 Å². The summed E-state index contributed by atoms with van der Waals surface area (Å²) in [5, 5.41) is 0. The van der Waals surface area contributed by atoms with E-state index in [0.717, 1.165) is 32.7 Å². The van der Waals surface area contributed by atoms with Crippen LogP contribution in [0, 0.1) is 0 Å². The Balaban J connectivity index is 1.72. The monoisotopic (exact) mass is 269 g/mol. The Morgan fingerprint density at radius 3 is 2.83 bits per heavy atom. The fourth-order valence-electron chi connectivity index (χ4n) is 2.04. The number of nitrogens with zero attached hydrogens (tertiary/aromatic N) is 3. The number of carbonyl (C=O) groups excluding carboxylic acids is 1. The highest BCUT2D eigenvalue weighted by molar-refractivity contribution is 7.09. The first-order valence-corrected chi connectivity index (χ1v) is 7.04. The molecule has 1 amide bonds. The SMILES string of the molecule is COCCC(=O)N1CCN(Cc2cncs2)CC1. The van der Waals surface area contributed by atoms with E-state index < -0.39 is 0 Å².